The normalized spacial score (nSPS) is 11.9. The molecule has 20 heavy (non-hydrogen) atoms. The number of carbonyl (C=O) groups is 1. The van der Waals surface area contributed by atoms with Crippen LogP contribution in [0.25, 0.3) is 0 Å². The van der Waals surface area contributed by atoms with E-state index in [0.717, 1.165) is 25.1 Å². The van der Waals surface area contributed by atoms with Gasteiger partial charge in [-0.05, 0) is 48.9 Å². The number of rotatable bonds is 8. The fourth-order valence-corrected chi connectivity index (χ4v) is 2.18. The van der Waals surface area contributed by atoms with E-state index in [1.807, 2.05) is 12.1 Å². The van der Waals surface area contributed by atoms with Gasteiger partial charge in [0.05, 0.1) is 11.6 Å². The third kappa shape index (κ3) is 5.75. The first-order valence-electron chi connectivity index (χ1n) is 6.98. The molecule has 0 aliphatic carbocycles. The van der Waals surface area contributed by atoms with E-state index in [1.165, 1.54) is 0 Å². The van der Waals surface area contributed by atoms with Gasteiger partial charge in [-0.25, -0.2) is 0 Å². The summed E-state index contributed by atoms with van der Waals surface area (Å²) in [5.74, 6) is 0.171. The molecule has 0 radical (unpaired) electrons. The molecule has 0 bridgehead atoms. The Morgan fingerprint density at radius 1 is 1.30 bits per heavy atom. The molecule has 108 valence electrons. The molecule has 0 saturated carbocycles. The SMILES string of the molecule is CC(C)C(CCNc1ccc(C#N)cc1)CCC(=O)O. The van der Waals surface area contributed by atoms with Crippen LogP contribution in [0, 0.1) is 23.2 Å². The average Bonchev–Trinajstić information content (AvgIpc) is 2.42. The van der Waals surface area contributed by atoms with E-state index in [9.17, 15) is 4.79 Å². The van der Waals surface area contributed by atoms with Gasteiger partial charge in [-0.15, -0.1) is 0 Å². The number of hydrogen-bond acceptors (Lipinski definition) is 3. The van der Waals surface area contributed by atoms with Crippen LogP contribution in [0.15, 0.2) is 24.3 Å². The van der Waals surface area contributed by atoms with Gasteiger partial charge in [0.15, 0.2) is 0 Å². The Balaban J connectivity index is 2.39. The molecule has 0 aromatic heterocycles. The maximum Gasteiger partial charge on any atom is 0.303 e. The van der Waals surface area contributed by atoms with Crippen molar-refractivity contribution in [2.75, 3.05) is 11.9 Å². The molecule has 1 unspecified atom stereocenters. The number of carboxylic acid groups (broad SMARTS) is 1. The van der Waals surface area contributed by atoms with Crippen molar-refractivity contribution in [3.05, 3.63) is 29.8 Å². The first-order chi connectivity index (χ1) is 9.52. The van der Waals surface area contributed by atoms with E-state index in [0.29, 0.717) is 17.4 Å². The molecular weight excluding hydrogens is 252 g/mol. The Morgan fingerprint density at radius 2 is 1.95 bits per heavy atom. The van der Waals surface area contributed by atoms with E-state index in [4.69, 9.17) is 10.4 Å². The van der Waals surface area contributed by atoms with Crippen molar-refractivity contribution in [2.24, 2.45) is 11.8 Å². The fraction of sp³-hybridized carbons (Fsp3) is 0.500. The zero-order valence-corrected chi connectivity index (χ0v) is 12.1. The number of carboxylic acids is 1. The molecule has 0 heterocycles. The van der Waals surface area contributed by atoms with Gasteiger partial charge in [-0.1, -0.05) is 13.8 Å². The molecule has 1 atom stereocenters. The molecule has 4 heteroatoms. The summed E-state index contributed by atoms with van der Waals surface area (Å²) < 4.78 is 0. The molecule has 0 spiro atoms. The van der Waals surface area contributed by atoms with Crippen molar-refractivity contribution in [1.29, 1.82) is 5.26 Å². The highest BCUT2D eigenvalue weighted by Crippen LogP contribution is 2.21. The lowest BCUT2D eigenvalue weighted by Gasteiger charge is -2.20. The van der Waals surface area contributed by atoms with Crippen LogP contribution in [0.3, 0.4) is 0 Å². The highest BCUT2D eigenvalue weighted by atomic mass is 16.4. The Labute approximate surface area is 120 Å². The van der Waals surface area contributed by atoms with Crippen molar-refractivity contribution < 1.29 is 9.90 Å². The predicted molar refractivity (Wildman–Crippen MR) is 79.5 cm³/mol. The average molecular weight is 274 g/mol. The lowest BCUT2D eigenvalue weighted by Crippen LogP contribution is -2.15. The molecule has 0 fully saturated rings. The van der Waals surface area contributed by atoms with Gasteiger partial charge < -0.3 is 10.4 Å². The first kappa shape index (κ1) is 16.0. The Kier molecular flexibility index (Phi) is 6.58. The van der Waals surface area contributed by atoms with Crippen LogP contribution in [0.4, 0.5) is 5.69 Å². The second-order valence-corrected chi connectivity index (χ2v) is 5.34. The van der Waals surface area contributed by atoms with Gasteiger partial charge in [0.25, 0.3) is 0 Å². The Bertz CT molecular complexity index is 460. The topological polar surface area (TPSA) is 73.1 Å². The standard InChI is InChI=1S/C16H22N2O2/c1-12(2)14(5-8-16(19)20)9-10-18-15-6-3-13(11-17)4-7-15/h3-4,6-7,12,14,18H,5,8-10H2,1-2H3,(H,19,20). The number of benzene rings is 1. The number of anilines is 1. The van der Waals surface area contributed by atoms with E-state index >= 15 is 0 Å². The highest BCUT2D eigenvalue weighted by Gasteiger charge is 2.14. The Hall–Kier alpha value is -2.02. The molecule has 4 nitrogen and oxygen atoms in total. The molecule has 0 saturated heterocycles. The van der Waals surface area contributed by atoms with Gasteiger partial charge in [0, 0.05) is 18.7 Å². The largest absolute Gasteiger partial charge is 0.481 e. The summed E-state index contributed by atoms with van der Waals surface area (Å²) >= 11 is 0. The first-order valence-corrected chi connectivity index (χ1v) is 6.98. The summed E-state index contributed by atoms with van der Waals surface area (Å²) in [5, 5.41) is 20.8. The molecule has 1 aromatic carbocycles. The predicted octanol–water partition coefficient (Wildman–Crippen LogP) is 3.50. The Morgan fingerprint density at radius 3 is 2.45 bits per heavy atom. The summed E-state index contributed by atoms with van der Waals surface area (Å²) in [6, 6.07) is 9.43. The number of hydrogen-bond donors (Lipinski definition) is 2. The summed E-state index contributed by atoms with van der Waals surface area (Å²) in [7, 11) is 0. The van der Waals surface area contributed by atoms with Crippen LogP contribution in [-0.2, 0) is 4.79 Å². The van der Waals surface area contributed by atoms with Crippen LogP contribution >= 0.6 is 0 Å². The third-order valence-corrected chi connectivity index (χ3v) is 3.53. The fourth-order valence-electron chi connectivity index (χ4n) is 2.18. The van der Waals surface area contributed by atoms with Crippen molar-refractivity contribution in [3.63, 3.8) is 0 Å². The third-order valence-electron chi connectivity index (χ3n) is 3.53. The van der Waals surface area contributed by atoms with Crippen LogP contribution in [-0.4, -0.2) is 17.6 Å². The van der Waals surface area contributed by atoms with Crippen LogP contribution in [0.5, 0.6) is 0 Å². The number of nitriles is 1. The highest BCUT2D eigenvalue weighted by molar-refractivity contribution is 5.66. The smallest absolute Gasteiger partial charge is 0.303 e. The van der Waals surface area contributed by atoms with Crippen LogP contribution in [0.1, 0.15) is 38.7 Å². The monoisotopic (exact) mass is 274 g/mol. The van der Waals surface area contributed by atoms with E-state index in [2.05, 4.69) is 25.2 Å². The molecule has 2 N–H and O–H groups in total. The number of aliphatic carboxylic acids is 1. The zero-order chi connectivity index (χ0) is 15.0. The maximum absolute atomic E-state index is 10.6. The van der Waals surface area contributed by atoms with Gasteiger partial charge in [0.2, 0.25) is 0 Å². The summed E-state index contributed by atoms with van der Waals surface area (Å²) in [5.41, 5.74) is 1.64. The quantitative estimate of drug-likeness (QED) is 0.761. The second kappa shape index (κ2) is 8.21. The van der Waals surface area contributed by atoms with Crippen LogP contribution in [0.2, 0.25) is 0 Å². The van der Waals surface area contributed by atoms with E-state index in [1.54, 1.807) is 12.1 Å². The molecular formula is C16H22N2O2. The molecule has 0 amide bonds. The summed E-state index contributed by atoms with van der Waals surface area (Å²) in [6.07, 6.45) is 1.91. The van der Waals surface area contributed by atoms with Gasteiger partial charge in [-0.2, -0.15) is 5.26 Å². The van der Waals surface area contributed by atoms with Crippen LogP contribution < -0.4 is 5.32 Å². The lowest BCUT2D eigenvalue weighted by molar-refractivity contribution is -0.137. The van der Waals surface area contributed by atoms with Crippen molar-refractivity contribution in [3.8, 4) is 6.07 Å². The van der Waals surface area contributed by atoms with E-state index in [-0.39, 0.29) is 6.42 Å². The minimum absolute atomic E-state index is 0.236. The number of nitrogens with zero attached hydrogens (tertiary/aromatic N) is 1. The van der Waals surface area contributed by atoms with Gasteiger partial charge in [0.1, 0.15) is 0 Å². The maximum atomic E-state index is 10.6. The molecule has 0 aliphatic rings. The lowest BCUT2D eigenvalue weighted by atomic mass is 9.88. The van der Waals surface area contributed by atoms with Crippen molar-refractivity contribution >= 4 is 11.7 Å². The van der Waals surface area contributed by atoms with Crippen molar-refractivity contribution in [2.45, 2.75) is 33.1 Å². The minimum atomic E-state index is -0.726. The van der Waals surface area contributed by atoms with Gasteiger partial charge >= 0.3 is 5.97 Å². The molecule has 1 rings (SSSR count). The molecule has 0 aliphatic heterocycles. The minimum Gasteiger partial charge on any atom is -0.481 e. The summed E-state index contributed by atoms with van der Waals surface area (Å²) in [6.45, 7) is 5.08. The summed E-state index contributed by atoms with van der Waals surface area (Å²) in [4.78, 5) is 10.6. The molecule has 1 aromatic rings. The second-order valence-electron chi connectivity index (χ2n) is 5.34. The van der Waals surface area contributed by atoms with Gasteiger partial charge in [-0.3, -0.25) is 4.79 Å². The van der Waals surface area contributed by atoms with E-state index < -0.39 is 5.97 Å². The van der Waals surface area contributed by atoms with Crippen molar-refractivity contribution in [1.82, 2.24) is 0 Å². The zero-order valence-electron chi connectivity index (χ0n) is 12.1. The number of nitrogens with one attached hydrogen (secondary N) is 1.